The van der Waals surface area contributed by atoms with Gasteiger partial charge in [-0.25, -0.2) is 9.13 Å². The van der Waals surface area contributed by atoms with E-state index >= 15 is 0 Å². The van der Waals surface area contributed by atoms with Crippen molar-refractivity contribution >= 4 is 39.5 Å². The minimum Gasteiger partial charge on any atom is -0.462 e. The predicted octanol–water partition coefficient (Wildman–Crippen LogP) is 20.9. The van der Waals surface area contributed by atoms with Crippen LogP contribution >= 0.6 is 15.6 Å². The lowest BCUT2D eigenvalue weighted by molar-refractivity contribution is -0.161. The fourth-order valence-electron chi connectivity index (χ4n) is 11.0. The quantitative estimate of drug-likeness (QED) is 0.0222. The van der Waals surface area contributed by atoms with Crippen LogP contribution in [0.5, 0.6) is 0 Å². The first-order chi connectivity index (χ1) is 44.1. The number of hydrogen-bond acceptors (Lipinski definition) is 15. The fraction of sp³-hybridized carbons (Fsp3) is 0.944. The van der Waals surface area contributed by atoms with Gasteiger partial charge in [0.05, 0.1) is 26.4 Å². The molecule has 540 valence electrons. The second kappa shape index (κ2) is 65.4. The molecule has 0 aromatic carbocycles. The minimum absolute atomic E-state index is 0.106. The fourth-order valence-corrected chi connectivity index (χ4v) is 12.5. The Bertz CT molecular complexity index is 1760. The highest BCUT2D eigenvalue weighted by atomic mass is 31.2. The van der Waals surface area contributed by atoms with Crippen LogP contribution in [0, 0.1) is 5.92 Å². The molecule has 19 heteroatoms. The van der Waals surface area contributed by atoms with Gasteiger partial charge in [-0.2, -0.15) is 0 Å². The number of hydrogen-bond donors (Lipinski definition) is 3. The molecule has 0 fully saturated rings. The monoisotopic (exact) mass is 1340 g/mol. The van der Waals surface area contributed by atoms with Crippen LogP contribution in [0.3, 0.4) is 0 Å². The number of carbonyl (C=O) groups is 4. The Kier molecular flexibility index (Phi) is 64.0. The highest BCUT2D eigenvalue weighted by Gasteiger charge is 2.30. The summed E-state index contributed by atoms with van der Waals surface area (Å²) < 4.78 is 68.2. The van der Waals surface area contributed by atoms with Gasteiger partial charge in [0.2, 0.25) is 0 Å². The molecule has 0 aromatic heterocycles. The van der Waals surface area contributed by atoms with Crippen LogP contribution in [0.4, 0.5) is 0 Å². The highest BCUT2D eigenvalue weighted by molar-refractivity contribution is 7.47. The Morgan fingerprint density at radius 2 is 0.527 bits per heavy atom. The Labute approximate surface area is 556 Å². The molecule has 3 N–H and O–H groups in total. The second-order valence-electron chi connectivity index (χ2n) is 26.2. The van der Waals surface area contributed by atoms with Gasteiger partial charge in [0.1, 0.15) is 19.3 Å². The summed E-state index contributed by atoms with van der Waals surface area (Å²) >= 11 is 0. The van der Waals surface area contributed by atoms with Crippen LogP contribution in [-0.4, -0.2) is 96.7 Å². The lowest BCUT2D eigenvalue weighted by Gasteiger charge is -2.21. The van der Waals surface area contributed by atoms with Gasteiger partial charge < -0.3 is 33.8 Å². The van der Waals surface area contributed by atoms with E-state index in [-0.39, 0.29) is 25.7 Å². The zero-order chi connectivity index (χ0) is 67.0. The van der Waals surface area contributed by atoms with Gasteiger partial charge in [0.15, 0.2) is 12.2 Å². The summed E-state index contributed by atoms with van der Waals surface area (Å²) in [6.07, 6.45) is 52.9. The summed E-state index contributed by atoms with van der Waals surface area (Å²) in [7, 11) is -9.90. The number of ether oxygens (including phenoxy) is 4. The summed E-state index contributed by atoms with van der Waals surface area (Å²) in [6.45, 7) is 7.22. The van der Waals surface area contributed by atoms with E-state index in [1.165, 1.54) is 199 Å². The number of esters is 4. The van der Waals surface area contributed by atoms with Gasteiger partial charge >= 0.3 is 39.5 Å². The Morgan fingerprint density at radius 3 is 0.780 bits per heavy atom. The molecule has 0 radical (unpaired) electrons. The first-order valence-corrected chi connectivity index (χ1v) is 40.7. The second-order valence-corrected chi connectivity index (χ2v) is 29.1. The van der Waals surface area contributed by atoms with Crippen molar-refractivity contribution in [3.05, 3.63) is 0 Å². The molecule has 0 bridgehead atoms. The molecule has 0 aromatic rings. The molecular formula is C72H140O17P2. The standard InChI is InChI=1S/C72H140O17P2/c1-6-10-13-16-19-22-23-24-25-26-27-28-29-30-31-32-33-36-43-48-53-58-72(77)89-68(62-83-70(75)56-51-46-41-38-37-39-44-49-54-65(5)9-4)64-87-91(80,81)85-60-66(73)59-84-90(78,79)86-63-67(88-71(76)57-52-47-42-35-21-18-15-12-8-3)61-82-69(74)55-50-45-40-34-20-17-14-11-7-2/h65-68,73H,6-64H2,1-5H3,(H,78,79)(H,80,81)/t65?,66-,67+,68+/m0/s1. The SMILES string of the molecule is CCCCCCCCCCCCCCCCCCCCCCCC(=O)O[C@H](COC(=O)CCCCCCCCCCC(C)CC)COP(=O)(O)OC[C@@H](O)COP(=O)(O)OC[C@@H](COC(=O)CCCCCCCCCCC)OC(=O)CCCCCCCCCCC. The van der Waals surface area contributed by atoms with E-state index in [4.69, 9.17) is 37.0 Å². The van der Waals surface area contributed by atoms with Gasteiger partial charge in [0, 0.05) is 25.7 Å². The lowest BCUT2D eigenvalue weighted by Crippen LogP contribution is -2.30. The van der Waals surface area contributed by atoms with Gasteiger partial charge in [-0.1, -0.05) is 324 Å². The number of aliphatic hydroxyl groups is 1. The van der Waals surface area contributed by atoms with Crippen LogP contribution in [0.1, 0.15) is 375 Å². The van der Waals surface area contributed by atoms with Crippen LogP contribution in [-0.2, 0) is 65.4 Å². The first-order valence-electron chi connectivity index (χ1n) is 37.7. The van der Waals surface area contributed by atoms with Crippen LogP contribution in [0.2, 0.25) is 0 Å². The van der Waals surface area contributed by atoms with Crippen molar-refractivity contribution in [3.63, 3.8) is 0 Å². The summed E-state index contributed by atoms with van der Waals surface area (Å²) in [5, 5.41) is 10.6. The molecule has 3 unspecified atom stereocenters. The van der Waals surface area contributed by atoms with Crippen molar-refractivity contribution < 1.29 is 80.2 Å². The summed E-state index contributed by atoms with van der Waals surface area (Å²) in [5.74, 6) is -1.35. The van der Waals surface area contributed by atoms with E-state index in [0.717, 1.165) is 95.8 Å². The highest BCUT2D eigenvalue weighted by Crippen LogP contribution is 2.45. The maximum absolute atomic E-state index is 13.0. The Hall–Kier alpha value is -1.94. The van der Waals surface area contributed by atoms with Crippen molar-refractivity contribution in [2.45, 2.75) is 393 Å². The average molecular weight is 1340 g/mol. The number of phosphoric ester groups is 2. The molecular weight excluding hydrogens is 1200 g/mol. The van der Waals surface area contributed by atoms with Crippen molar-refractivity contribution in [1.29, 1.82) is 0 Å². The van der Waals surface area contributed by atoms with Gasteiger partial charge in [0.25, 0.3) is 0 Å². The number of aliphatic hydroxyl groups excluding tert-OH is 1. The molecule has 0 saturated carbocycles. The molecule has 0 heterocycles. The maximum atomic E-state index is 13.0. The number of unbranched alkanes of at least 4 members (excludes halogenated alkanes) is 43. The van der Waals surface area contributed by atoms with E-state index in [1.807, 2.05) is 0 Å². The zero-order valence-electron chi connectivity index (χ0n) is 59.0. The number of phosphoric acid groups is 2. The zero-order valence-corrected chi connectivity index (χ0v) is 60.8. The molecule has 0 rings (SSSR count). The summed E-state index contributed by atoms with van der Waals surface area (Å²) in [5.41, 5.74) is 0. The normalized spacial score (nSPS) is 14.3. The van der Waals surface area contributed by atoms with Gasteiger partial charge in [-0.3, -0.25) is 37.3 Å². The number of rotatable bonds is 72. The molecule has 0 saturated heterocycles. The minimum atomic E-state index is -4.95. The third-order valence-corrected chi connectivity index (χ3v) is 19.0. The van der Waals surface area contributed by atoms with Crippen molar-refractivity contribution in [2.24, 2.45) is 5.92 Å². The van der Waals surface area contributed by atoms with E-state index in [9.17, 15) is 43.2 Å². The molecule has 0 aliphatic carbocycles. The van der Waals surface area contributed by atoms with E-state index < -0.39 is 97.5 Å². The summed E-state index contributed by atoms with van der Waals surface area (Å²) in [6, 6.07) is 0. The van der Waals surface area contributed by atoms with Crippen molar-refractivity contribution in [1.82, 2.24) is 0 Å². The topological polar surface area (TPSA) is 237 Å². The lowest BCUT2D eigenvalue weighted by atomic mass is 9.99. The maximum Gasteiger partial charge on any atom is 0.472 e. The molecule has 0 spiro atoms. The van der Waals surface area contributed by atoms with Gasteiger partial charge in [-0.15, -0.1) is 0 Å². The van der Waals surface area contributed by atoms with Crippen molar-refractivity contribution in [3.8, 4) is 0 Å². The Morgan fingerprint density at radius 1 is 0.308 bits per heavy atom. The largest absolute Gasteiger partial charge is 0.472 e. The predicted molar refractivity (Wildman–Crippen MR) is 368 cm³/mol. The third-order valence-electron chi connectivity index (χ3n) is 17.1. The molecule has 0 aliphatic rings. The molecule has 0 amide bonds. The Balaban J connectivity index is 5.15. The smallest absolute Gasteiger partial charge is 0.462 e. The van der Waals surface area contributed by atoms with Crippen LogP contribution in [0.15, 0.2) is 0 Å². The molecule has 17 nitrogen and oxygen atoms in total. The van der Waals surface area contributed by atoms with Gasteiger partial charge in [-0.05, 0) is 31.6 Å². The van der Waals surface area contributed by atoms with E-state index in [2.05, 4.69) is 34.6 Å². The molecule has 0 aliphatic heterocycles. The summed E-state index contributed by atoms with van der Waals surface area (Å²) in [4.78, 5) is 72.5. The van der Waals surface area contributed by atoms with Crippen LogP contribution in [0.25, 0.3) is 0 Å². The van der Waals surface area contributed by atoms with Crippen LogP contribution < -0.4 is 0 Å². The molecule has 91 heavy (non-hydrogen) atoms. The molecule has 6 atom stereocenters. The van der Waals surface area contributed by atoms with E-state index in [0.29, 0.717) is 25.7 Å². The first kappa shape index (κ1) is 89.1. The van der Waals surface area contributed by atoms with Crippen molar-refractivity contribution in [2.75, 3.05) is 39.6 Å². The average Bonchev–Trinajstić information content (AvgIpc) is 3.54. The number of carbonyl (C=O) groups excluding carboxylic acids is 4. The third kappa shape index (κ3) is 65.1. The van der Waals surface area contributed by atoms with E-state index in [1.54, 1.807) is 0 Å².